The van der Waals surface area contributed by atoms with E-state index in [0.717, 1.165) is 25.7 Å². The van der Waals surface area contributed by atoms with Gasteiger partial charge in [-0.3, -0.25) is 14.8 Å². The van der Waals surface area contributed by atoms with Crippen molar-refractivity contribution in [3.05, 3.63) is 41.5 Å². The second kappa shape index (κ2) is 5.69. The van der Waals surface area contributed by atoms with Crippen molar-refractivity contribution in [2.75, 3.05) is 0 Å². The van der Waals surface area contributed by atoms with Gasteiger partial charge in [-0.2, -0.15) is 0 Å². The highest BCUT2D eigenvalue weighted by molar-refractivity contribution is 6.00. The highest BCUT2D eigenvalue weighted by Gasteiger charge is 2.42. The molecule has 0 aliphatic carbocycles. The first-order valence-corrected chi connectivity index (χ1v) is 7.24. The van der Waals surface area contributed by atoms with Crippen LogP contribution in [0.3, 0.4) is 0 Å². The molecule has 2 fully saturated rings. The first-order chi connectivity index (χ1) is 10.2. The molecule has 110 valence electrons. The molecule has 2 heterocycles. The standard InChI is InChI=1S/C16H18N2O3/c19-15(17-21)10-5-11-3-1-2-4-14(11)16(20)18-12-6-7-13(18)9-8-12/h1-5,10,12-13,21H,6-9H2,(H,17,19). The van der Waals surface area contributed by atoms with Crippen LogP contribution >= 0.6 is 0 Å². The number of fused-ring (bicyclic) bond motifs is 2. The van der Waals surface area contributed by atoms with E-state index in [4.69, 9.17) is 5.21 Å². The number of benzene rings is 1. The van der Waals surface area contributed by atoms with Gasteiger partial charge in [-0.1, -0.05) is 18.2 Å². The molecule has 0 saturated carbocycles. The van der Waals surface area contributed by atoms with Crippen LogP contribution in [-0.2, 0) is 4.79 Å². The molecule has 2 amide bonds. The third-order valence-electron chi connectivity index (χ3n) is 4.40. The van der Waals surface area contributed by atoms with E-state index >= 15 is 0 Å². The van der Waals surface area contributed by atoms with Crippen molar-refractivity contribution in [2.24, 2.45) is 0 Å². The van der Waals surface area contributed by atoms with Gasteiger partial charge in [0.2, 0.25) is 0 Å². The Balaban J connectivity index is 1.87. The van der Waals surface area contributed by atoms with Crippen LogP contribution in [0.25, 0.3) is 6.08 Å². The molecule has 3 rings (SSSR count). The van der Waals surface area contributed by atoms with Gasteiger partial charge < -0.3 is 4.90 Å². The van der Waals surface area contributed by atoms with E-state index in [1.54, 1.807) is 23.7 Å². The molecule has 2 aliphatic rings. The number of carbonyl (C=O) groups excluding carboxylic acids is 2. The van der Waals surface area contributed by atoms with Crippen molar-refractivity contribution in [3.63, 3.8) is 0 Å². The van der Waals surface area contributed by atoms with Crippen LogP contribution < -0.4 is 5.48 Å². The molecule has 2 N–H and O–H groups in total. The van der Waals surface area contributed by atoms with E-state index in [2.05, 4.69) is 0 Å². The topological polar surface area (TPSA) is 69.6 Å². The number of amides is 2. The zero-order chi connectivity index (χ0) is 14.8. The molecule has 0 radical (unpaired) electrons. The number of hydrogen-bond acceptors (Lipinski definition) is 3. The van der Waals surface area contributed by atoms with Crippen LogP contribution in [0, 0.1) is 0 Å². The summed E-state index contributed by atoms with van der Waals surface area (Å²) >= 11 is 0. The summed E-state index contributed by atoms with van der Waals surface area (Å²) in [7, 11) is 0. The summed E-state index contributed by atoms with van der Waals surface area (Å²) in [6, 6.07) is 7.99. The Morgan fingerprint density at radius 1 is 1.14 bits per heavy atom. The molecule has 2 bridgehead atoms. The molecule has 2 saturated heterocycles. The van der Waals surface area contributed by atoms with Crippen LogP contribution in [0.4, 0.5) is 0 Å². The third-order valence-corrected chi connectivity index (χ3v) is 4.40. The van der Waals surface area contributed by atoms with Crippen LogP contribution in [0.2, 0.25) is 0 Å². The van der Waals surface area contributed by atoms with Crippen LogP contribution in [0.5, 0.6) is 0 Å². The number of nitrogens with zero attached hydrogens (tertiary/aromatic N) is 1. The van der Waals surface area contributed by atoms with E-state index in [-0.39, 0.29) is 5.91 Å². The summed E-state index contributed by atoms with van der Waals surface area (Å²) in [5.41, 5.74) is 2.84. The molecule has 2 aliphatic heterocycles. The van der Waals surface area contributed by atoms with Gasteiger partial charge in [0.15, 0.2) is 0 Å². The number of rotatable bonds is 3. The minimum absolute atomic E-state index is 0.0460. The lowest BCUT2D eigenvalue weighted by Gasteiger charge is -2.23. The Bertz CT molecular complexity index is 577. The molecule has 5 heteroatoms. The largest absolute Gasteiger partial charge is 0.333 e. The number of nitrogens with one attached hydrogen (secondary N) is 1. The summed E-state index contributed by atoms with van der Waals surface area (Å²) in [6.45, 7) is 0. The highest BCUT2D eigenvalue weighted by Crippen LogP contribution is 2.38. The van der Waals surface area contributed by atoms with E-state index in [9.17, 15) is 9.59 Å². The summed E-state index contributed by atoms with van der Waals surface area (Å²) in [5.74, 6) is -0.567. The molecule has 0 unspecified atom stereocenters. The minimum atomic E-state index is -0.613. The minimum Gasteiger partial charge on any atom is -0.333 e. The van der Waals surface area contributed by atoms with Gasteiger partial charge in [0.05, 0.1) is 0 Å². The maximum atomic E-state index is 12.8. The van der Waals surface area contributed by atoms with E-state index < -0.39 is 5.91 Å². The van der Waals surface area contributed by atoms with Gasteiger partial charge in [0.1, 0.15) is 0 Å². The summed E-state index contributed by atoms with van der Waals surface area (Å²) < 4.78 is 0. The smallest absolute Gasteiger partial charge is 0.267 e. The quantitative estimate of drug-likeness (QED) is 0.507. The number of hydrogen-bond donors (Lipinski definition) is 2. The molecule has 0 spiro atoms. The van der Waals surface area contributed by atoms with Crippen molar-refractivity contribution in [1.82, 2.24) is 10.4 Å². The number of hydroxylamine groups is 1. The Kier molecular flexibility index (Phi) is 3.75. The second-order valence-corrected chi connectivity index (χ2v) is 5.57. The summed E-state index contributed by atoms with van der Waals surface area (Å²) in [4.78, 5) is 25.9. The zero-order valence-electron chi connectivity index (χ0n) is 11.7. The predicted molar refractivity (Wildman–Crippen MR) is 77.6 cm³/mol. The average Bonchev–Trinajstić information content (AvgIpc) is 3.12. The van der Waals surface area contributed by atoms with Crippen LogP contribution in [-0.4, -0.2) is 34.0 Å². The van der Waals surface area contributed by atoms with Crippen molar-refractivity contribution < 1.29 is 14.8 Å². The fourth-order valence-electron chi connectivity index (χ4n) is 3.42. The van der Waals surface area contributed by atoms with Gasteiger partial charge in [-0.15, -0.1) is 0 Å². The Hall–Kier alpha value is -2.14. The maximum Gasteiger partial charge on any atom is 0.267 e. The van der Waals surface area contributed by atoms with Crippen molar-refractivity contribution >= 4 is 17.9 Å². The highest BCUT2D eigenvalue weighted by atomic mass is 16.5. The molecule has 21 heavy (non-hydrogen) atoms. The molecule has 0 aromatic heterocycles. The SMILES string of the molecule is O=C(C=Cc1ccccc1C(=O)N1C2CCC1CC2)NO. The van der Waals surface area contributed by atoms with Crippen molar-refractivity contribution in [2.45, 2.75) is 37.8 Å². The number of carbonyl (C=O) groups is 2. The fourth-order valence-corrected chi connectivity index (χ4v) is 3.42. The lowest BCUT2D eigenvalue weighted by Crippen LogP contribution is -2.35. The van der Waals surface area contributed by atoms with Crippen molar-refractivity contribution in [3.8, 4) is 0 Å². The van der Waals surface area contributed by atoms with E-state index in [1.165, 1.54) is 6.08 Å². The average molecular weight is 286 g/mol. The maximum absolute atomic E-state index is 12.8. The van der Waals surface area contributed by atoms with Gasteiger partial charge in [0.25, 0.3) is 11.8 Å². The Labute approximate surface area is 123 Å². The zero-order valence-corrected chi connectivity index (χ0v) is 11.7. The normalized spacial score (nSPS) is 23.8. The van der Waals surface area contributed by atoms with Gasteiger partial charge in [-0.05, 0) is 43.4 Å². The molecular weight excluding hydrogens is 268 g/mol. The lowest BCUT2D eigenvalue weighted by atomic mass is 10.0. The molecule has 0 atom stereocenters. The predicted octanol–water partition coefficient (Wildman–Crippen LogP) is 1.97. The van der Waals surface area contributed by atoms with Crippen LogP contribution in [0.1, 0.15) is 41.6 Å². The third kappa shape index (κ3) is 2.56. The Morgan fingerprint density at radius 3 is 2.38 bits per heavy atom. The molecule has 1 aromatic rings. The summed E-state index contributed by atoms with van der Waals surface area (Å²) in [5, 5.41) is 8.52. The first-order valence-electron chi connectivity index (χ1n) is 7.24. The van der Waals surface area contributed by atoms with Crippen molar-refractivity contribution in [1.29, 1.82) is 0 Å². The van der Waals surface area contributed by atoms with Crippen LogP contribution in [0.15, 0.2) is 30.3 Å². The van der Waals surface area contributed by atoms with E-state index in [1.807, 2.05) is 17.0 Å². The lowest BCUT2D eigenvalue weighted by molar-refractivity contribution is -0.124. The molecular formula is C16H18N2O3. The van der Waals surface area contributed by atoms with Gasteiger partial charge in [0, 0.05) is 23.7 Å². The summed E-state index contributed by atoms with van der Waals surface area (Å²) in [6.07, 6.45) is 7.16. The van der Waals surface area contributed by atoms with E-state index in [0.29, 0.717) is 23.2 Å². The Morgan fingerprint density at radius 2 is 1.76 bits per heavy atom. The first kappa shape index (κ1) is 13.8. The fraction of sp³-hybridized carbons (Fsp3) is 0.375. The molecule has 1 aromatic carbocycles. The second-order valence-electron chi connectivity index (χ2n) is 5.57. The monoisotopic (exact) mass is 286 g/mol. The van der Waals surface area contributed by atoms with Gasteiger partial charge >= 0.3 is 0 Å². The van der Waals surface area contributed by atoms with Gasteiger partial charge in [-0.25, -0.2) is 5.48 Å². The molecule has 5 nitrogen and oxygen atoms in total.